The average Bonchev–Trinajstić information content (AvgIpc) is 2.66. The van der Waals surface area contributed by atoms with Crippen molar-refractivity contribution in [2.24, 2.45) is 23.7 Å². The fraction of sp³-hybridized carbons (Fsp3) is 0.733. The summed E-state index contributed by atoms with van der Waals surface area (Å²) < 4.78 is 0. The number of imide groups is 2. The quantitative estimate of drug-likeness (QED) is 0.657. The van der Waals surface area contributed by atoms with Gasteiger partial charge < -0.3 is 0 Å². The molecule has 3 rings (SSSR count). The third-order valence-corrected chi connectivity index (χ3v) is 5.21. The Labute approximate surface area is 123 Å². The van der Waals surface area contributed by atoms with Crippen molar-refractivity contribution in [3.63, 3.8) is 0 Å². The molecular formula is C15H20N2O4. The van der Waals surface area contributed by atoms with Crippen LogP contribution in [-0.4, -0.2) is 35.6 Å². The first-order chi connectivity index (χ1) is 9.97. The van der Waals surface area contributed by atoms with Crippen LogP contribution in [0, 0.1) is 23.7 Å². The van der Waals surface area contributed by atoms with Crippen molar-refractivity contribution in [1.82, 2.24) is 10.2 Å². The first-order valence-electron chi connectivity index (χ1n) is 7.63. The van der Waals surface area contributed by atoms with E-state index in [4.69, 9.17) is 0 Å². The Bertz CT molecular complexity index is 472. The second kappa shape index (κ2) is 5.24. The highest BCUT2D eigenvalue weighted by atomic mass is 16.2. The van der Waals surface area contributed by atoms with Gasteiger partial charge in [0.1, 0.15) is 0 Å². The van der Waals surface area contributed by atoms with Gasteiger partial charge in [0.15, 0.2) is 0 Å². The van der Waals surface area contributed by atoms with Crippen LogP contribution in [0.25, 0.3) is 0 Å². The predicted octanol–water partition coefficient (Wildman–Crippen LogP) is 0.460. The van der Waals surface area contributed by atoms with E-state index >= 15 is 0 Å². The molecule has 4 unspecified atom stereocenters. The minimum absolute atomic E-state index is 0.175. The van der Waals surface area contributed by atoms with Gasteiger partial charge >= 0.3 is 0 Å². The highest BCUT2D eigenvalue weighted by molar-refractivity contribution is 6.01. The van der Waals surface area contributed by atoms with Gasteiger partial charge in [-0.1, -0.05) is 0 Å². The van der Waals surface area contributed by atoms with E-state index in [2.05, 4.69) is 5.32 Å². The number of rotatable bonds is 0. The summed E-state index contributed by atoms with van der Waals surface area (Å²) in [5.41, 5.74) is 0. The van der Waals surface area contributed by atoms with Gasteiger partial charge in [0, 0.05) is 30.7 Å². The van der Waals surface area contributed by atoms with E-state index in [1.165, 1.54) is 11.9 Å². The van der Waals surface area contributed by atoms with Crippen molar-refractivity contribution in [3.05, 3.63) is 0 Å². The summed E-state index contributed by atoms with van der Waals surface area (Å²) in [5, 5.41) is 2.46. The number of hydrogen-bond donors (Lipinski definition) is 1. The molecule has 3 aliphatic rings. The molecule has 0 radical (unpaired) electrons. The molecule has 0 aromatic carbocycles. The molecule has 4 amide bonds. The highest BCUT2D eigenvalue weighted by Gasteiger charge is 2.42. The van der Waals surface area contributed by atoms with Crippen LogP contribution in [0.4, 0.5) is 0 Å². The van der Waals surface area contributed by atoms with Gasteiger partial charge in [-0.3, -0.25) is 29.4 Å². The fourth-order valence-corrected chi connectivity index (χ4v) is 3.87. The number of carbonyl (C=O) groups is 4. The van der Waals surface area contributed by atoms with E-state index < -0.39 is 0 Å². The van der Waals surface area contributed by atoms with Gasteiger partial charge in [-0.25, -0.2) is 0 Å². The van der Waals surface area contributed by atoms with Gasteiger partial charge in [-0.2, -0.15) is 0 Å². The molecule has 114 valence electrons. The predicted molar refractivity (Wildman–Crippen MR) is 72.6 cm³/mol. The minimum Gasteiger partial charge on any atom is -0.296 e. The maximum absolute atomic E-state index is 12.4. The smallest absolute Gasteiger partial charge is 0.232 e. The first kappa shape index (κ1) is 14.2. The van der Waals surface area contributed by atoms with Crippen molar-refractivity contribution in [1.29, 1.82) is 0 Å². The summed E-state index contributed by atoms with van der Waals surface area (Å²) in [6.45, 7) is 0. The van der Waals surface area contributed by atoms with Crippen molar-refractivity contribution >= 4 is 23.6 Å². The summed E-state index contributed by atoms with van der Waals surface area (Å²) in [6, 6.07) is 0. The van der Waals surface area contributed by atoms with Gasteiger partial charge in [0.05, 0.1) is 0 Å². The van der Waals surface area contributed by atoms with Crippen LogP contribution in [0.5, 0.6) is 0 Å². The number of nitrogens with zero attached hydrogens (tertiary/aromatic N) is 1. The normalized spacial score (nSPS) is 37.3. The molecule has 0 spiro atoms. The Balaban J connectivity index is 1.99. The molecule has 6 heteroatoms. The molecule has 2 heterocycles. The van der Waals surface area contributed by atoms with E-state index in [0.29, 0.717) is 38.5 Å². The van der Waals surface area contributed by atoms with Crippen LogP contribution in [0.3, 0.4) is 0 Å². The lowest BCUT2D eigenvalue weighted by Gasteiger charge is -2.22. The standard InChI is InChI=1S/C15H20N2O4/c1-17-14(20)10-4-5-11(15(17)21)7-9-3-2-8(6-10)12(18)16-13(9)19/h8-11H,2-7H2,1H3,(H,16,18,19). The number of nitrogens with one attached hydrogen (secondary N) is 1. The van der Waals surface area contributed by atoms with Crippen LogP contribution in [-0.2, 0) is 19.2 Å². The second-order valence-electron chi connectivity index (χ2n) is 6.50. The summed E-state index contributed by atoms with van der Waals surface area (Å²) in [7, 11) is 1.52. The average molecular weight is 292 g/mol. The van der Waals surface area contributed by atoms with Crippen molar-refractivity contribution in [2.75, 3.05) is 7.05 Å². The molecule has 1 saturated carbocycles. The minimum atomic E-state index is -0.300. The van der Waals surface area contributed by atoms with Gasteiger partial charge in [-0.15, -0.1) is 0 Å². The van der Waals surface area contributed by atoms with E-state index in [1.807, 2.05) is 0 Å². The highest BCUT2D eigenvalue weighted by Crippen LogP contribution is 2.36. The van der Waals surface area contributed by atoms with Gasteiger partial charge in [0.25, 0.3) is 0 Å². The zero-order chi connectivity index (χ0) is 15.1. The number of hydrogen-bond acceptors (Lipinski definition) is 4. The van der Waals surface area contributed by atoms with E-state index in [0.717, 1.165) is 0 Å². The zero-order valence-corrected chi connectivity index (χ0v) is 12.1. The molecule has 6 nitrogen and oxygen atoms in total. The molecule has 3 fully saturated rings. The number of fused-ring (bicyclic) bond motifs is 6. The first-order valence-corrected chi connectivity index (χ1v) is 7.63. The molecule has 4 atom stereocenters. The van der Waals surface area contributed by atoms with Crippen molar-refractivity contribution < 1.29 is 19.2 Å². The Morgan fingerprint density at radius 3 is 1.57 bits per heavy atom. The SMILES string of the molecule is CN1C(=O)C2CCC(CC3CCC(C2)C(=O)NC3=O)C1=O. The topological polar surface area (TPSA) is 83.6 Å². The molecule has 1 aliphatic carbocycles. The lowest BCUT2D eigenvalue weighted by atomic mass is 9.81. The van der Waals surface area contributed by atoms with Crippen molar-refractivity contribution in [2.45, 2.75) is 38.5 Å². The molecule has 0 aromatic rings. The van der Waals surface area contributed by atoms with E-state index in [1.54, 1.807) is 0 Å². The van der Waals surface area contributed by atoms with Crippen LogP contribution >= 0.6 is 0 Å². The van der Waals surface area contributed by atoms with Gasteiger partial charge in [0.2, 0.25) is 23.6 Å². The summed E-state index contributed by atoms with van der Waals surface area (Å²) in [4.78, 5) is 50.2. The third-order valence-electron chi connectivity index (χ3n) is 5.21. The summed E-state index contributed by atoms with van der Waals surface area (Å²) in [6.07, 6.45) is 3.38. The zero-order valence-electron chi connectivity index (χ0n) is 12.1. The van der Waals surface area contributed by atoms with Crippen LogP contribution < -0.4 is 5.32 Å². The van der Waals surface area contributed by atoms with E-state index in [9.17, 15) is 19.2 Å². The maximum Gasteiger partial charge on any atom is 0.232 e. The number of carbonyl (C=O) groups excluding carboxylic acids is 4. The second-order valence-corrected chi connectivity index (χ2v) is 6.50. The fourth-order valence-electron chi connectivity index (χ4n) is 3.87. The monoisotopic (exact) mass is 292 g/mol. The number of amides is 4. The lowest BCUT2D eigenvalue weighted by Crippen LogP contribution is -2.42. The molecule has 2 aliphatic heterocycles. The molecule has 21 heavy (non-hydrogen) atoms. The lowest BCUT2D eigenvalue weighted by molar-refractivity contribution is -0.147. The molecule has 2 saturated heterocycles. The molecule has 0 aromatic heterocycles. The summed E-state index contributed by atoms with van der Waals surface area (Å²) >= 11 is 0. The maximum atomic E-state index is 12.4. The summed E-state index contributed by atoms with van der Waals surface area (Å²) in [5.74, 6) is -2.04. The van der Waals surface area contributed by atoms with Crippen LogP contribution in [0.15, 0.2) is 0 Å². The Kier molecular flexibility index (Phi) is 3.55. The Morgan fingerprint density at radius 1 is 0.762 bits per heavy atom. The van der Waals surface area contributed by atoms with Crippen LogP contribution in [0.2, 0.25) is 0 Å². The van der Waals surface area contributed by atoms with Crippen molar-refractivity contribution in [3.8, 4) is 0 Å². The number of likely N-dealkylation sites (tertiary alicyclic amines) is 1. The van der Waals surface area contributed by atoms with Gasteiger partial charge in [-0.05, 0) is 38.5 Å². The Hall–Kier alpha value is -1.72. The van der Waals surface area contributed by atoms with Crippen LogP contribution in [0.1, 0.15) is 38.5 Å². The molecular weight excluding hydrogens is 272 g/mol. The third kappa shape index (κ3) is 2.47. The van der Waals surface area contributed by atoms with E-state index in [-0.39, 0.29) is 47.3 Å². The largest absolute Gasteiger partial charge is 0.296 e. The Morgan fingerprint density at radius 2 is 1.14 bits per heavy atom. The molecule has 4 bridgehead atoms. The molecule has 1 N–H and O–H groups in total.